The Balaban J connectivity index is 2.11. The van der Waals surface area contributed by atoms with Gasteiger partial charge in [-0.15, -0.1) is 0 Å². The van der Waals surface area contributed by atoms with Crippen LogP contribution in [0.25, 0.3) is 0 Å². The molecule has 100 valence electrons. The second-order valence-electron chi connectivity index (χ2n) is 3.90. The van der Waals surface area contributed by atoms with E-state index < -0.39 is 0 Å². The number of halogens is 1. The van der Waals surface area contributed by atoms with E-state index in [2.05, 4.69) is 10.3 Å². The lowest BCUT2D eigenvalue weighted by Crippen LogP contribution is -2.02. The van der Waals surface area contributed by atoms with Crippen molar-refractivity contribution in [3.8, 4) is 11.5 Å². The zero-order valence-corrected chi connectivity index (χ0v) is 11.6. The Morgan fingerprint density at radius 1 is 1.16 bits per heavy atom. The fraction of sp³-hybridized carbons (Fsp3) is 0.214. The standard InChI is InChI=1S/C14H15ClN2O2/c1-18-12-4-5-13(19-2)10(7-12)8-16-11-3-6-14(15)17-9-11/h3-7,9,16H,8H2,1-2H3. The smallest absolute Gasteiger partial charge is 0.129 e. The molecule has 0 saturated carbocycles. The summed E-state index contributed by atoms with van der Waals surface area (Å²) >= 11 is 5.74. The first-order valence-electron chi connectivity index (χ1n) is 5.79. The number of methoxy groups -OCH3 is 2. The summed E-state index contributed by atoms with van der Waals surface area (Å²) in [5.41, 5.74) is 1.91. The summed E-state index contributed by atoms with van der Waals surface area (Å²) in [5.74, 6) is 1.61. The lowest BCUT2D eigenvalue weighted by molar-refractivity contribution is 0.399. The molecule has 0 unspecified atom stereocenters. The van der Waals surface area contributed by atoms with E-state index in [9.17, 15) is 0 Å². The minimum atomic E-state index is 0.476. The molecule has 0 bridgehead atoms. The van der Waals surface area contributed by atoms with E-state index in [0.717, 1.165) is 22.7 Å². The fourth-order valence-corrected chi connectivity index (χ4v) is 1.81. The third-order valence-electron chi connectivity index (χ3n) is 2.70. The van der Waals surface area contributed by atoms with Gasteiger partial charge in [0, 0.05) is 12.1 Å². The highest BCUT2D eigenvalue weighted by Crippen LogP contribution is 2.24. The molecule has 1 heterocycles. The number of hydrogen-bond donors (Lipinski definition) is 1. The largest absolute Gasteiger partial charge is 0.497 e. The minimum Gasteiger partial charge on any atom is -0.497 e. The van der Waals surface area contributed by atoms with Crippen LogP contribution in [0.5, 0.6) is 11.5 Å². The van der Waals surface area contributed by atoms with Crippen LogP contribution in [0.3, 0.4) is 0 Å². The first-order chi connectivity index (χ1) is 9.22. The Hall–Kier alpha value is -1.94. The molecule has 0 aliphatic carbocycles. The molecule has 0 aliphatic heterocycles. The maximum Gasteiger partial charge on any atom is 0.129 e. The summed E-state index contributed by atoms with van der Waals surface area (Å²) in [5, 5.41) is 3.73. The summed E-state index contributed by atoms with van der Waals surface area (Å²) in [6, 6.07) is 9.31. The van der Waals surface area contributed by atoms with E-state index in [4.69, 9.17) is 21.1 Å². The molecule has 0 fully saturated rings. The number of nitrogens with zero attached hydrogens (tertiary/aromatic N) is 1. The van der Waals surface area contributed by atoms with Crippen LogP contribution in [0.2, 0.25) is 5.15 Å². The molecule has 1 N–H and O–H groups in total. The number of ether oxygens (including phenoxy) is 2. The van der Waals surface area contributed by atoms with Crippen LogP contribution in [0.4, 0.5) is 5.69 Å². The highest BCUT2D eigenvalue weighted by molar-refractivity contribution is 6.29. The molecule has 1 aromatic carbocycles. The van der Waals surface area contributed by atoms with Crippen molar-refractivity contribution in [2.75, 3.05) is 19.5 Å². The van der Waals surface area contributed by atoms with Gasteiger partial charge in [-0.3, -0.25) is 0 Å². The van der Waals surface area contributed by atoms with E-state index in [1.807, 2.05) is 24.3 Å². The third kappa shape index (κ3) is 3.51. The van der Waals surface area contributed by atoms with Crippen LogP contribution in [0, 0.1) is 0 Å². The van der Waals surface area contributed by atoms with Gasteiger partial charge in [0.25, 0.3) is 0 Å². The van der Waals surface area contributed by atoms with Gasteiger partial charge in [0.05, 0.1) is 26.1 Å². The van der Waals surface area contributed by atoms with E-state index in [1.54, 1.807) is 26.5 Å². The van der Waals surface area contributed by atoms with E-state index >= 15 is 0 Å². The van der Waals surface area contributed by atoms with Gasteiger partial charge in [0.15, 0.2) is 0 Å². The highest BCUT2D eigenvalue weighted by Gasteiger charge is 2.05. The number of anilines is 1. The third-order valence-corrected chi connectivity index (χ3v) is 2.92. The maximum atomic E-state index is 5.74. The molecule has 0 aliphatic rings. The Kier molecular flexibility index (Phi) is 4.47. The molecular weight excluding hydrogens is 264 g/mol. The molecule has 2 rings (SSSR count). The van der Waals surface area contributed by atoms with Crippen molar-refractivity contribution in [1.82, 2.24) is 4.98 Å². The maximum absolute atomic E-state index is 5.74. The van der Waals surface area contributed by atoms with Crippen LogP contribution in [0.15, 0.2) is 36.5 Å². The summed E-state index contributed by atoms with van der Waals surface area (Å²) in [6.45, 7) is 0.615. The second kappa shape index (κ2) is 6.29. The number of benzene rings is 1. The van der Waals surface area contributed by atoms with Crippen LogP contribution < -0.4 is 14.8 Å². The molecule has 1 aromatic heterocycles. The van der Waals surface area contributed by atoms with Crippen LogP contribution >= 0.6 is 11.6 Å². The number of nitrogens with one attached hydrogen (secondary N) is 1. The van der Waals surface area contributed by atoms with Crippen LogP contribution in [-0.2, 0) is 6.54 Å². The molecule has 4 nitrogen and oxygen atoms in total. The highest BCUT2D eigenvalue weighted by atomic mass is 35.5. The quantitative estimate of drug-likeness (QED) is 0.852. The molecule has 5 heteroatoms. The molecule has 0 spiro atoms. The topological polar surface area (TPSA) is 43.4 Å². The fourth-order valence-electron chi connectivity index (χ4n) is 1.70. The Morgan fingerprint density at radius 2 is 2.00 bits per heavy atom. The molecular formula is C14H15ClN2O2. The van der Waals surface area contributed by atoms with Crippen molar-refractivity contribution in [2.24, 2.45) is 0 Å². The molecule has 2 aromatic rings. The Morgan fingerprint density at radius 3 is 2.63 bits per heavy atom. The van der Waals surface area contributed by atoms with Gasteiger partial charge in [0.1, 0.15) is 16.7 Å². The second-order valence-corrected chi connectivity index (χ2v) is 4.29. The Labute approximate surface area is 117 Å². The van der Waals surface area contributed by atoms with Crippen LogP contribution in [-0.4, -0.2) is 19.2 Å². The summed E-state index contributed by atoms with van der Waals surface area (Å²) in [6.07, 6.45) is 1.69. The van der Waals surface area contributed by atoms with Crippen LogP contribution in [0.1, 0.15) is 5.56 Å². The van der Waals surface area contributed by atoms with E-state index in [1.165, 1.54) is 0 Å². The van der Waals surface area contributed by atoms with Gasteiger partial charge >= 0.3 is 0 Å². The molecule has 0 saturated heterocycles. The molecule has 0 atom stereocenters. The zero-order valence-electron chi connectivity index (χ0n) is 10.8. The zero-order chi connectivity index (χ0) is 13.7. The number of aromatic nitrogens is 1. The van der Waals surface area contributed by atoms with E-state index in [-0.39, 0.29) is 0 Å². The lowest BCUT2D eigenvalue weighted by Gasteiger charge is -2.12. The van der Waals surface area contributed by atoms with Crippen molar-refractivity contribution in [2.45, 2.75) is 6.54 Å². The van der Waals surface area contributed by atoms with Gasteiger partial charge in [-0.05, 0) is 30.3 Å². The van der Waals surface area contributed by atoms with Crippen molar-refractivity contribution in [3.05, 3.63) is 47.2 Å². The average Bonchev–Trinajstić information content (AvgIpc) is 2.46. The van der Waals surface area contributed by atoms with Crippen molar-refractivity contribution in [1.29, 1.82) is 0 Å². The van der Waals surface area contributed by atoms with E-state index in [0.29, 0.717) is 11.7 Å². The monoisotopic (exact) mass is 278 g/mol. The van der Waals surface area contributed by atoms with Gasteiger partial charge in [-0.25, -0.2) is 4.98 Å². The first kappa shape index (κ1) is 13.5. The first-order valence-corrected chi connectivity index (χ1v) is 6.17. The number of hydrogen-bond acceptors (Lipinski definition) is 4. The average molecular weight is 279 g/mol. The van der Waals surface area contributed by atoms with Gasteiger partial charge < -0.3 is 14.8 Å². The summed E-state index contributed by atoms with van der Waals surface area (Å²) < 4.78 is 10.5. The number of pyridine rings is 1. The normalized spacial score (nSPS) is 10.1. The predicted octanol–water partition coefficient (Wildman–Crippen LogP) is 3.36. The van der Waals surface area contributed by atoms with Crippen molar-refractivity contribution < 1.29 is 9.47 Å². The van der Waals surface area contributed by atoms with Crippen molar-refractivity contribution >= 4 is 17.3 Å². The van der Waals surface area contributed by atoms with Crippen molar-refractivity contribution in [3.63, 3.8) is 0 Å². The lowest BCUT2D eigenvalue weighted by atomic mass is 10.2. The summed E-state index contributed by atoms with van der Waals surface area (Å²) in [4.78, 5) is 4.01. The minimum absolute atomic E-state index is 0.476. The van der Waals surface area contributed by atoms with Gasteiger partial charge in [-0.1, -0.05) is 11.6 Å². The molecule has 0 amide bonds. The summed E-state index contributed by atoms with van der Waals surface area (Å²) in [7, 11) is 3.29. The van der Waals surface area contributed by atoms with Gasteiger partial charge in [-0.2, -0.15) is 0 Å². The predicted molar refractivity (Wildman–Crippen MR) is 76.1 cm³/mol. The molecule has 0 radical (unpaired) electrons. The SMILES string of the molecule is COc1ccc(OC)c(CNc2ccc(Cl)nc2)c1. The number of rotatable bonds is 5. The van der Waals surface area contributed by atoms with Gasteiger partial charge in [0.2, 0.25) is 0 Å². The molecule has 19 heavy (non-hydrogen) atoms. The Bertz CT molecular complexity index is 544.